The Bertz CT molecular complexity index is 316. The van der Waals surface area contributed by atoms with Gasteiger partial charge in [0.05, 0.1) is 6.54 Å². The molecule has 0 bridgehead atoms. The van der Waals surface area contributed by atoms with Crippen LogP contribution >= 0.6 is 0 Å². The second kappa shape index (κ2) is 2.40. The molecule has 1 atom stereocenters. The molecule has 1 unspecified atom stereocenters. The Morgan fingerprint density at radius 2 is 2.50 bits per heavy atom. The molecule has 3 N–H and O–H groups in total. The lowest BCUT2D eigenvalue weighted by Crippen LogP contribution is -2.50. The van der Waals surface area contributed by atoms with Crippen molar-refractivity contribution >= 4 is 23.9 Å². The molecule has 62 valence electrons. The van der Waals surface area contributed by atoms with Gasteiger partial charge in [0, 0.05) is 6.21 Å². The molecule has 12 heavy (non-hydrogen) atoms. The number of hydrogen-bond donors (Lipinski definition) is 2. The van der Waals surface area contributed by atoms with Crippen LogP contribution in [0.15, 0.2) is 15.0 Å². The van der Waals surface area contributed by atoms with E-state index in [1.807, 2.05) is 0 Å². The number of fused-ring (bicyclic) bond motifs is 1. The average Bonchev–Trinajstić information content (AvgIpc) is 2.04. The largest absolute Gasteiger partial charge is 0.369 e. The summed E-state index contributed by atoms with van der Waals surface area (Å²) in [5, 5.41) is 2.37. The fraction of sp³-hybridized carbons (Fsp3) is 0.333. The van der Waals surface area contributed by atoms with Crippen molar-refractivity contribution in [2.24, 2.45) is 20.7 Å². The summed E-state index contributed by atoms with van der Waals surface area (Å²) in [7, 11) is 0. The first-order chi connectivity index (χ1) is 5.77. The van der Waals surface area contributed by atoms with Gasteiger partial charge in [-0.05, 0) is 0 Å². The second-order valence-corrected chi connectivity index (χ2v) is 2.42. The number of carbonyl (C=O) groups is 1. The number of nitrogens with zero attached hydrogens (tertiary/aromatic N) is 3. The van der Waals surface area contributed by atoms with Crippen LogP contribution in [0.5, 0.6) is 0 Å². The normalized spacial score (nSPS) is 27.0. The van der Waals surface area contributed by atoms with Crippen molar-refractivity contribution < 1.29 is 4.79 Å². The predicted octanol–water partition coefficient (Wildman–Crippen LogP) is -1.72. The number of nitrogens with two attached hydrogens (primary N) is 1. The first-order valence-electron chi connectivity index (χ1n) is 3.48. The van der Waals surface area contributed by atoms with Gasteiger partial charge in [0.2, 0.25) is 5.96 Å². The van der Waals surface area contributed by atoms with E-state index in [1.54, 1.807) is 6.21 Å². The van der Waals surface area contributed by atoms with E-state index in [0.717, 1.165) is 0 Å². The van der Waals surface area contributed by atoms with Crippen LogP contribution in [0, 0.1) is 0 Å². The highest BCUT2D eigenvalue weighted by Gasteiger charge is 2.29. The molecule has 0 aromatic rings. The molecule has 0 saturated heterocycles. The molecule has 0 aromatic carbocycles. The molecule has 0 fully saturated rings. The molecule has 0 saturated carbocycles. The summed E-state index contributed by atoms with van der Waals surface area (Å²) in [6.45, 7) is 0.468. The van der Waals surface area contributed by atoms with Crippen LogP contribution in [0.1, 0.15) is 0 Å². The van der Waals surface area contributed by atoms with Gasteiger partial charge in [-0.3, -0.25) is 20.1 Å². The van der Waals surface area contributed by atoms with E-state index >= 15 is 0 Å². The fourth-order valence-electron chi connectivity index (χ4n) is 1.07. The lowest BCUT2D eigenvalue weighted by molar-refractivity contribution is -0.119. The van der Waals surface area contributed by atoms with Gasteiger partial charge >= 0.3 is 0 Å². The topological polar surface area (TPSA) is 92.2 Å². The van der Waals surface area contributed by atoms with Gasteiger partial charge in [-0.1, -0.05) is 0 Å². The van der Waals surface area contributed by atoms with Gasteiger partial charge < -0.3 is 5.73 Å². The molecule has 1 amide bonds. The summed E-state index contributed by atoms with van der Waals surface area (Å²) in [5.41, 5.74) is 5.32. The van der Waals surface area contributed by atoms with E-state index < -0.39 is 6.04 Å². The molecule has 0 aliphatic carbocycles. The van der Waals surface area contributed by atoms with Crippen LogP contribution in [0.25, 0.3) is 0 Å². The summed E-state index contributed by atoms with van der Waals surface area (Å²) < 4.78 is 0. The van der Waals surface area contributed by atoms with Crippen molar-refractivity contribution in [1.82, 2.24) is 5.32 Å². The third-order valence-corrected chi connectivity index (χ3v) is 1.57. The van der Waals surface area contributed by atoms with E-state index in [2.05, 4.69) is 20.3 Å². The van der Waals surface area contributed by atoms with Crippen LogP contribution in [0.4, 0.5) is 0 Å². The number of amidine groups is 1. The average molecular weight is 165 g/mol. The Balaban J connectivity index is 2.39. The number of guanidine groups is 1. The maximum absolute atomic E-state index is 11.2. The number of hydrogen-bond acceptors (Lipinski definition) is 5. The first-order valence-corrected chi connectivity index (χ1v) is 3.48. The van der Waals surface area contributed by atoms with E-state index in [4.69, 9.17) is 5.73 Å². The Labute approximate surface area is 68.3 Å². The highest BCUT2D eigenvalue weighted by Crippen LogP contribution is 2.04. The maximum atomic E-state index is 11.2. The molecule has 2 aliphatic heterocycles. The van der Waals surface area contributed by atoms with E-state index in [9.17, 15) is 4.79 Å². The fourth-order valence-corrected chi connectivity index (χ4v) is 1.07. The van der Waals surface area contributed by atoms with E-state index in [-0.39, 0.29) is 11.9 Å². The Morgan fingerprint density at radius 1 is 1.67 bits per heavy atom. The van der Waals surface area contributed by atoms with Crippen LogP contribution in [-0.4, -0.2) is 36.5 Å². The number of aliphatic imine (C=N–C) groups is 3. The zero-order valence-corrected chi connectivity index (χ0v) is 6.19. The van der Waals surface area contributed by atoms with Crippen LogP contribution < -0.4 is 11.1 Å². The molecule has 0 aromatic heterocycles. The van der Waals surface area contributed by atoms with Gasteiger partial charge in [0.25, 0.3) is 5.91 Å². The Morgan fingerprint density at radius 3 is 3.33 bits per heavy atom. The molecule has 0 radical (unpaired) electrons. The lowest BCUT2D eigenvalue weighted by Gasteiger charge is -2.19. The third-order valence-electron chi connectivity index (χ3n) is 1.57. The zero-order chi connectivity index (χ0) is 8.55. The molecule has 6 nitrogen and oxygen atoms in total. The summed E-state index contributed by atoms with van der Waals surface area (Å²) in [4.78, 5) is 23.0. The quantitative estimate of drug-likeness (QED) is 0.447. The molecular formula is C6H7N5O. The van der Waals surface area contributed by atoms with Crippen LogP contribution in [0.2, 0.25) is 0 Å². The molecule has 0 spiro atoms. The van der Waals surface area contributed by atoms with Gasteiger partial charge in [0.1, 0.15) is 0 Å². The van der Waals surface area contributed by atoms with E-state index in [1.165, 1.54) is 0 Å². The van der Waals surface area contributed by atoms with Gasteiger partial charge in [-0.15, -0.1) is 0 Å². The monoisotopic (exact) mass is 165 g/mol. The van der Waals surface area contributed by atoms with Crippen molar-refractivity contribution in [3.05, 3.63) is 0 Å². The summed E-state index contributed by atoms with van der Waals surface area (Å²) in [5.74, 6) is 0.225. The molecule has 2 heterocycles. The van der Waals surface area contributed by atoms with Gasteiger partial charge in [0.15, 0.2) is 11.9 Å². The lowest BCUT2D eigenvalue weighted by atomic mass is 10.2. The highest BCUT2D eigenvalue weighted by molar-refractivity contribution is 6.20. The van der Waals surface area contributed by atoms with Gasteiger partial charge in [-0.25, -0.2) is 0 Å². The zero-order valence-electron chi connectivity index (χ0n) is 6.19. The highest BCUT2D eigenvalue weighted by atomic mass is 16.2. The Hall–Kier alpha value is -1.72. The van der Waals surface area contributed by atoms with Crippen molar-refractivity contribution in [2.45, 2.75) is 6.04 Å². The smallest absolute Gasteiger partial charge is 0.259 e. The number of carbonyl (C=O) groups excluding carboxylic acids is 1. The van der Waals surface area contributed by atoms with Crippen molar-refractivity contribution in [3.8, 4) is 0 Å². The number of nitrogens with one attached hydrogen (secondary N) is 1. The van der Waals surface area contributed by atoms with Crippen molar-refractivity contribution in [2.75, 3.05) is 6.54 Å². The Kier molecular flexibility index (Phi) is 1.39. The minimum absolute atomic E-state index is 0.0899. The number of amides is 1. The van der Waals surface area contributed by atoms with Crippen molar-refractivity contribution in [1.29, 1.82) is 0 Å². The molecule has 2 rings (SSSR count). The maximum Gasteiger partial charge on any atom is 0.259 e. The second-order valence-electron chi connectivity index (χ2n) is 2.42. The minimum Gasteiger partial charge on any atom is -0.369 e. The SMILES string of the molecule is NC1=NC2=NCC=NC2C(=O)N1. The summed E-state index contributed by atoms with van der Waals surface area (Å²) in [6, 6.07) is -0.592. The first kappa shape index (κ1) is 6.96. The summed E-state index contributed by atoms with van der Waals surface area (Å²) >= 11 is 0. The van der Waals surface area contributed by atoms with E-state index in [0.29, 0.717) is 12.4 Å². The summed E-state index contributed by atoms with van der Waals surface area (Å²) in [6.07, 6.45) is 1.59. The molecule has 6 heteroatoms. The third kappa shape index (κ3) is 0.969. The van der Waals surface area contributed by atoms with Gasteiger partial charge in [-0.2, -0.15) is 4.99 Å². The predicted molar refractivity (Wildman–Crippen MR) is 44.3 cm³/mol. The van der Waals surface area contributed by atoms with Crippen molar-refractivity contribution in [3.63, 3.8) is 0 Å². The molecule has 2 aliphatic rings. The molecular weight excluding hydrogens is 158 g/mol. The number of rotatable bonds is 0. The van der Waals surface area contributed by atoms with Crippen LogP contribution in [0.3, 0.4) is 0 Å². The standard InChI is InChI=1S/C6H7N5O/c7-6-10-4-3(5(12)11-6)8-1-2-9-4/h1,3H,2H2,(H3,7,9,10,11,12). The minimum atomic E-state index is -0.592. The van der Waals surface area contributed by atoms with Crippen LogP contribution in [-0.2, 0) is 4.79 Å².